The van der Waals surface area contributed by atoms with Gasteiger partial charge in [0, 0.05) is 19.5 Å². The second kappa shape index (κ2) is 6.39. The summed E-state index contributed by atoms with van der Waals surface area (Å²) in [5.41, 5.74) is 0.880. The fraction of sp³-hybridized carbons (Fsp3) is 0.667. The van der Waals surface area contributed by atoms with E-state index in [9.17, 15) is 0 Å². The van der Waals surface area contributed by atoms with Crippen LogP contribution in [0.3, 0.4) is 0 Å². The lowest BCUT2D eigenvalue weighted by Gasteiger charge is -2.22. The lowest BCUT2D eigenvalue weighted by molar-refractivity contribution is 0.311. The second-order valence-corrected chi connectivity index (χ2v) is 5.81. The zero-order valence-corrected chi connectivity index (χ0v) is 12.7. The Bertz CT molecular complexity index is 570. The van der Waals surface area contributed by atoms with Crippen LogP contribution in [0.2, 0.25) is 0 Å². The summed E-state index contributed by atoms with van der Waals surface area (Å²) in [5, 5.41) is 7.67. The summed E-state index contributed by atoms with van der Waals surface area (Å²) in [6.07, 6.45) is 9.61. The third-order valence-corrected chi connectivity index (χ3v) is 4.34. The minimum absolute atomic E-state index is 0.442. The van der Waals surface area contributed by atoms with Gasteiger partial charge in [-0.15, -0.1) is 0 Å². The molecule has 0 radical (unpaired) electrons. The molecule has 1 aliphatic rings. The second-order valence-electron chi connectivity index (χ2n) is 5.81. The lowest BCUT2D eigenvalue weighted by Crippen LogP contribution is -2.37. The number of rotatable bonds is 6. The predicted octanol–water partition coefficient (Wildman–Crippen LogP) is 2.18. The van der Waals surface area contributed by atoms with Gasteiger partial charge in [-0.25, -0.2) is 4.98 Å². The minimum atomic E-state index is 0.442. The standard InChI is InChI=1S/C15H23N5O/c1-3-17-12(11-6-4-5-7-11)8-14-18-15(19-21-14)13-9-16-10-20(13)2/h9-12,17H,3-8H2,1-2H3. The highest BCUT2D eigenvalue weighted by molar-refractivity contribution is 5.47. The summed E-state index contributed by atoms with van der Waals surface area (Å²) in [7, 11) is 1.93. The largest absolute Gasteiger partial charge is 0.339 e. The molecule has 1 atom stereocenters. The first kappa shape index (κ1) is 14.3. The molecule has 1 saturated carbocycles. The molecule has 1 unspecified atom stereocenters. The van der Waals surface area contributed by atoms with Crippen LogP contribution < -0.4 is 5.32 Å². The van der Waals surface area contributed by atoms with E-state index in [1.165, 1.54) is 25.7 Å². The fourth-order valence-corrected chi connectivity index (χ4v) is 3.23. The first-order valence-corrected chi connectivity index (χ1v) is 7.80. The van der Waals surface area contributed by atoms with E-state index in [1.54, 1.807) is 12.5 Å². The van der Waals surface area contributed by atoms with E-state index in [-0.39, 0.29) is 0 Å². The number of imidazole rings is 1. The van der Waals surface area contributed by atoms with Gasteiger partial charge in [0.25, 0.3) is 0 Å². The van der Waals surface area contributed by atoms with Crippen molar-refractivity contribution in [2.75, 3.05) is 6.54 Å². The van der Waals surface area contributed by atoms with E-state index < -0.39 is 0 Å². The van der Waals surface area contributed by atoms with Crippen LogP contribution in [0.25, 0.3) is 11.5 Å². The van der Waals surface area contributed by atoms with E-state index in [0.29, 0.717) is 17.8 Å². The number of aryl methyl sites for hydroxylation is 1. The molecule has 2 aromatic rings. The van der Waals surface area contributed by atoms with Gasteiger partial charge in [-0.05, 0) is 25.3 Å². The predicted molar refractivity (Wildman–Crippen MR) is 79.6 cm³/mol. The summed E-state index contributed by atoms with van der Waals surface area (Å²) in [6, 6.07) is 0.442. The summed E-state index contributed by atoms with van der Waals surface area (Å²) in [6.45, 7) is 3.13. The highest BCUT2D eigenvalue weighted by atomic mass is 16.5. The van der Waals surface area contributed by atoms with E-state index in [0.717, 1.165) is 24.6 Å². The van der Waals surface area contributed by atoms with Crippen LogP contribution >= 0.6 is 0 Å². The van der Waals surface area contributed by atoms with Gasteiger partial charge >= 0.3 is 0 Å². The minimum Gasteiger partial charge on any atom is -0.339 e. The summed E-state index contributed by atoms with van der Waals surface area (Å²) < 4.78 is 7.33. The van der Waals surface area contributed by atoms with Crippen LogP contribution in [0.1, 0.15) is 38.5 Å². The van der Waals surface area contributed by atoms with Crippen molar-refractivity contribution in [2.45, 2.75) is 45.1 Å². The Balaban J connectivity index is 1.71. The molecule has 0 amide bonds. The number of hydrogen-bond donors (Lipinski definition) is 1. The molecule has 6 heteroatoms. The number of nitrogens with one attached hydrogen (secondary N) is 1. The van der Waals surface area contributed by atoms with Gasteiger partial charge in [-0.3, -0.25) is 0 Å². The van der Waals surface area contributed by atoms with Crippen molar-refractivity contribution in [3.8, 4) is 11.5 Å². The Morgan fingerprint density at radius 1 is 1.43 bits per heavy atom. The zero-order valence-electron chi connectivity index (χ0n) is 12.7. The van der Waals surface area contributed by atoms with Crippen LogP contribution in [-0.4, -0.2) is 32.3 Å². The lowest BCUT2D eigenvalue weighted by atomic mass is 9.95. The van der Waals surface area contributed by atoms with Crippen LogP contribution in [0, 0.1) is 5.92 Å². The first-order valence-electron chi connectivity index (χ1n) is 7.80. The molecule has 0 aromatic carbocycles. The zero-order chi connectivity index (χ0) is 14.7. The smallest absolute Gasteiger partial charge is 0.228 e. The molecule has 1 fully saturated rings. The highest BCUT2D eigenvalue weighted by Crippen LogP contribution is 2.29. The molecule has 0 bridgehead atoms. The van der Waals surface area contributed by atoms with E-state index in [2.05, 4.69) is 27.4 Å². The highest BCUT2D eigenvalue weighted by Gasteiger charge is 2.26. The van der Waals surface area contributed by atoms with Crippen molar-refractivity contribution in [1.82, 2.24) is 25.0 Å². The van der Waals surface area contributed by atoms with E-state index in [1.807, 2.05) is 11.6 Å². The number of likely N-dealkylation sites (N-methyl/N-ethyl adjacent to an activating group) is 1. The van der Waals surface area contributed by atoms with Crippen molar-refractivity contribution < 1.29 is 4.52 Å². The fourth-order valence-electron chi connectivity index (χ4n) is 3.23. The van der Waals surface area contributed by atoms with Crippen molar-refractivity contribution in [3.05, 3.63) is 18.4 Å². The quantitative estimate of drug-likeness (QED) is 0.882. The molecule has 1 N–H and O–H groups in total. The van der Waals surface area contributed by atoms with Crippen LogP contribution in [0.15, 0.2) is 17.0 Å². The molecule has 2 aromatic heterocycles. The van der Waals surface area contributed by atoms with Gasteiger partial charge in [0.05, 0.1) is 12.5 Å². The summed E-state index contributed by atoms with van der Waals surface area (Å²) >= 11 is 0. The van der Waals surface area contributed by atoms with Gasteiger partial charge in [0.2, 0.25) is 11.7 Å². The number of nitrogens with zero attached hydrogens (tertiary/aromatic N) is 4. The van der Waals surface area contributed by atoms with Crippen LogP contribution in [0.5, 0.6) is 0 Å². The van der Waals surface area contributed by atoms with Crippen LogP contribution in [-0.2, 0) is 13.5 Å². The Kier molecular flexibility index (Phi) is 4.34. The molecule has 21 heavy (non-hydrogen) atoms. The maximum Gasteiger partial charge on any atom is 0.228 e. The molecule has 0 saturated heterocycles. The molecule has 0 aliphatic heterocycles. The monoisotopic (exact) mass is 289 g/mol. The molecular weight excluding hydrogens is 266 g/mol. The van der Waals surface area contributed by atoms with Gasteiger partial charge in [0.15, 0.2) is 0 Å². The molecule has 0 spiro atoms. The van der Waals surface area contributed by atoms with Crippen molar-refractivity contribution in [3.63, 3.8) is 0 Å². The van der Waals surface area contributed by atoms with Crippen molar-refractivity contribution >= 4 is 0 Å². The van der Waals surface area contributed by atoms with Crippen molar-refractivity contribution in [2.24, 2.45) is 13.0 Å². The summed E-state index contributed by atoms with van der Waals surface area (Å²) in [4.78, 5) is 8.62. The first-order chi connectivity index (χ1) is 10.3. The molecule has 1 aliphatic carbocycles. The maximum absolute atomic E-state index is 5.44. The molecular formula is C15H23N5O. The summed E-state index contributed by atoms with van der Waals surface area (Å²) in [5.74, 6) is 2.06. The molecule has 3 rings (SSSR count). The Morgan fingerprint density at radius 2 is 2.24 bits per heavy atom. The third-order valence-electron chi connectivity index (χ3n) is 4.34. The molecule has 2 heterocycles. The van der Waals surface area contributed by atoms with Gasteiger partial charge in [0.1, 0.15) is 5.69 Å². The van der Waals surface area contributed by atoms with Gasteiger partial charge in [-0.2, -0.15) is 4.98 Å². The SMILES string of the molecule is CCNC(Cc1nc(-c2cncn2C)no1)C1CCCC1. The molecule has 6 nitrogen and oxygen atoms in total. The van der Waals surface area contributed by atoms with E-state index in [4.69, 9.17) is 4.52 Å². The number of hydrogen-bond acceptors (Lipinski definition) is 5. The van der Waals surface area contributed by atoms with Gasteiger partial charge < -0.3 is 14.4 Å². The Morgan fingerprint density at radius 3 is 2.90 bits per heavy atom. The Labute approximate surface area is 125 Å². The number of aromatic nitrogens is 4. The third kappa shape index (κ3) is 3.15. The normalized spacial score (nSPS) is 17.4. The van der Waals surface area contributed by atoms with Gasteiger partial charge in [-0.1, -0.05) is 24.9 Å². The average Bonchev–Trinajstić information content (AvgIpc) is 3.18. The topological polar surface area (TPSA) is 68.8 Å². The van der Waals surface area contributed by atoms with Crippen LogP contribution in [0.4, 0.5) is 0 Å². The maximum atomic E-state index is 5.44. The van der Waals surface area contributed by atoms with E-state index >= 15 is 0 Å². The van der Waals surface area contributed by atoms with Crippen molar-refractivity contribution in [1.29, 1.82) is 0 Å². The average molecular weight is 289 g/mol. The Hall–Kier alpha value is -1.69. The molecule has 114 valence electrons.